The second kappa shape index (κ2) is 11.0. The minimum Gasteiger partial charge on any atom is -0.325 e. The summed E-state index contributed by atoms with van der Waals surface area (Å²) < 4.78 is 2.18. The molecule has 1 aromatic carbocycles. The van der Waals surface area contributed by atoms with Crippen molar-refractivity contribution in [3.63, 3.8) is 0 Å². The van der Waals surface area contributed by atoms with Gasteiger partial charge in [-0.25, -0.2) is 25.8 Å². The second-order valence-electron chi connectivity index (χ2n) is 12.2. The summed E-state index contributed by atoms with van der Waals surface area (Å²) in [6, 6.07) is 6.81. The van der Waals surface area contributed by atoms with Gasteiger partial charge in [0.25, 0.3) is 0 Å². The Bertz CT molecular complexity index is 1870. The molecule has 15 heteroatoms. The predicted octanol–water partition coefficient (Wildman–Crippen LogP) is 2.60. The zero-order chi connectivity index (χ0) is 31.6. The Morgan fingerprint density at radius 2 is 1.80 bits per heavy atom. The smallest absolute Gasteiger partial charge is 0.248 e. The molecule has 5 heterocycles. The number of carbonyl (C=O) groups is 3. The monoisotopic (exact) mass is 673 g/mol. The summed E-state index contributed by atoms with van der Waals surface area (Å²) >= 11 is 3.37. The number of Topliss-reactive ketones (excluding diaryl/α,β-unsaturated/α-hetero) is 1. The van der Waals surface area contributed by atoms with Gasteiger partial charge < -0.3 is 10.2 Å². The molecule has 1 aliphatic carbocycles. The van der Waals surface area contributed by atoms with Crippen molar-refractivity contribution < 1.29 is 14.4 Å². The van der Waals surface area contributed by atoms with Crippen molar-refractivity contribution in [1.82, 2.24) is 51.6 Å². The minimum absolute atomic E-state index is 0.0504. The van der Waals surface area contributed by atoms with Crippen molar-refractivity contribution in [2.45, 2.75) is 65.3 Å². The van der Waals surface area contributed by atoms with Gasteiger partial charge in [-0.1, -0.05) is 13.0 Å². The molecule has 1 saturated carbocycles. The summed E-state index contributed by atoms with van der Waals surface area (Å²) in [4.78, 5) is 55.5. The molecule has 3 aromatic heterocycles. The largest absolute Gasteiger partial charge is 0.325 e. The molecule has 3 atom stereocenters. The first-order chi connectivity index (χ1) is 21.5. The third-order valence-corrected chi connectivity index (χ3v) is 9.38. The van der Waals surface area contributed by atoms with Crippen LogP contribution >= 0.6 is 15.9 Å². The number of rotatable bonds is 7. The maximum atomic E-state index is 14.2. The molecule has 4 aromatic rings. The number of nitrogens with one attached hydrogen (secondary N) is 5. The quantitative estimate of drug-likeness (QED) is 0.144. The lowest BCUT2D eigenvalue weighted by Crippen LogP contribution is -2.47. The SMILES string of the molecule is CC(=O)c1nn(CC(=O)N2[C@H](C(=O)Nc3nc(Br)ccc3C)C[C@@]3(C)C[C@@H]23)c2c(C3NNNN3)cc(-c3cnc(C)nc3)cc12. The molecule has 45 heavy (non-hydrogen) atoms. The number of halogens is 1. The van der Waals surface area contributed by atoms with Crippen molar-refractivity contribution in [3.05, 3.63) is 63.9 Å². The molecule has 3 fully saturated rings. The van der Waals surface area contributed by atoms with E-state index in [2.05, 4.69) is 70.1 Å². The van der Waals surface area contributed by atoms with Crippen molar-refractivity contribution in [2.24, 2.45) is 5.41 Å². The molecule has 7 rings (SSSR count). The van der Waals surface area contributed by atoms with E-state index in [4.69, 9.17) is 0 Å². The molecule has 232 valence electrons. The van der Waals surface area contributed by atoms with Crippen molar-refractivity contribution in [2.75, 3.05) is 5.32 Å². The van der Waals surface area contributed by atoms with Crippen LogP contribution in [-0.2, 0) is 16.1 Å². The van der Waals surface area contributed by atoms with Crippen molar-refractivity contribution in [3.8, 4) is 11.1 Å². The first kappa shape index (κ1) is 29.6. The fourth-order valence-corrected chi connectivity index (χ4v) is 6.77. The topological polar surface area (TPSA) is 171 Å². The van der Waals surface area contributed by atoms with Crippen LogP contribution in [-0.4, -0.2) is 59.3 Å². The van der Waals surface area contributed by atoms with E-state index < -0.39 is 12.2 Å². The summed E-state index contributed by atoms with van der Waals surface area (Å²) in [5, 5.41) is 8.21. The Labute approximate surface area is 266 Å². The fraction of sp³-hybridized carbons (Fsp3) is 0.367. The Morgan fingerprint density at radius 1 is 1.07 bits per heavy atom. The molecular weight excluding hydrogens is 642 g/mol. The average Bonchev–Trinajstić information content (AvgIpc) is 3.40. The van der Waals surface area contributed by atoms with Gasteiger partial charge in [0, 0.05) is 41.9 Å². The number of pyridine rings is 1. The normalized spacial score (nSPS) is 22.6. The number of carbonyl (C=O) groups excluding carboxylic acids is 3. The first-order valence-electron chi connectivity index (χ1n) is 14.6. The number of ketones is 1. The molecule has 2 saturated heterocycles. The maximum Gasteiger partial charge on any atom is 0.248 e. The van der Waals surface area contributed by atoms with E-state index in [1.807, 2.05) is 38.1 Å². The number of anilines is 1. The highest BCUT2D eigenvalue weighted by Gasteiger charge is 2.64. The highest BCUT2D eigenvalue weighted by molar-refractivity contribution is 9.10. The summed E-state index contributed by atoms with van der Waals surface area (Å²) in [5.74, 6) is 0.345. The van der Waals surface area contributed by atoms with Crippen LogP contribution in [0.5, 0.6) is 0 Å². The van der Waals surface area contributed by atoms with Crippen LogP contribution in [0.1, 0.15) is 60.3 Å². The Kier molecular flexibility index (Phi) is 7.24. The molecular formula is C30H32BrN11O3. The highest BCUT2D eigenvalue weighted by Crippen LogP contribution is 2.59. The molecule has 0 radical (unpaired) electrons. The molecule has 0 spiro atoms. The lowest BCUT2D eigenvalue weighted by molar-refractivity contribution is -0.138. The van der Waals surface area contributed by atoms with Gasteiger partial charge in [0.1, 0.15) is 40.7 Å². The molecule has 0 bridgehead atoms. The number of likely N-dealkylation sites (tertiary alicyclic amines) is 1. The van der Waals surface area contributed by atoms with E-state index >= 15 is 0 Å². The van der Waals surface area contributed by atoms with E-state index in [0.717, 1.165) is 28.7 Å². The van der Waals surface area contributed by atoms with Crippen LogP contribution in [0.2, 0.25) is 0 Å². The lowest BCUT2D eigenvalue weighted by Gasteiger charge is -2.27. The molecule has 2 aliphatic heterocycles. The maximum absolute atomic E-state index is 14.2. The lowest BCUT2D eigenvalue weighted by atomic mass is 9.99. The van der Waals surface area contributed by atoms with E-state index in [-0.39, 0.29) is 41.3 Å². The van der Waals surface area contributed by atoms with Gasteiger partial charge >= 0.3 is 0 Å². The number of benzene rings is 1. The number of fused-ring (bicyclic) bond motifs is 2. The molecule has 3 aliphatic rings. The summed E-state index contributed by atoms with van der Waals surface area (Å²) in [6.07, 6.45) is 4.42. The standard InChI is InChI=1S/C30H32BrN11O3/c1-14-5-6-23(31)34-27(14)35-29(45)21-9-30(4)10-22(30)42(21)24(44)13-41-26-19(25(38-41)15(2)43)7-17(18-11-32-16(3)33-12-18)8-20(26)28-36-39-40-37-28/h5-8,11-12,21-22,28,36-37,39-40H,9-10,13H2,1-4H3,(H,34,35,45)/t21-,22+,30-/m0/s1. The van der Waals surface area contributed by atoms with Crippen molar-refractivity contribution >= 4 is 50.2 Å². The van der Waals surface area contributed by atoms with Gasteiger partial charge in [-0.05, 0) is 77.4 Å². The molecule has 14 nitrogen and oxygen atoms in total. The third kappa shape index (κ3) is 5.29. The number of aryl methyl sites for hydroxylation is 2. The van der Waals surface area contributed by atoms with Crippen LogP contribution in [0.3, 0.4) is 0 Å². The van der Waals surface area contributed by atoms with Crippen LogP contribution in [0.15, 0.2) is 41.3 Å². The van der Waals surface area contributed by atoms with E-state index in [1.165, 1.54) is 6.92 Å². The van der Waals surface area contributed by atoms with Crippen LogP contribution in [0.4, 0.5) is 5.82 Å². The predicted molar refractivity (Wildman–Crippen MR) is 168 cm³/mol. The summed E-state index contributed by atoms with van der Waals surface area (Å²) in [5.41, 5.74) is 15.8. The number of hydrogen-bond acceptors (Lipinski definition) is 11. The van der Waals surface area contributed by atoms with Crippen molar-refractivity contribution in [1.29, 1.82) is 0 Å². The van der Waals surface area contributed by atoms with Crippen LogP contribution in [0, 0.1) is 19.3 Å². The molecule has 5 N–H and O–H groups in total. The first-order valence-corrected chi connectivity index (χ1v) is 15.4. The minimum atomic E-state index is -0.658. The van der Waals surface area contributed by atoms with E-state index in [0.29, 0.717) is 33.6 Å². The molecule has 2 amide bonds. The van der Waals surface area contributed by atoms with Crippen LogP contribution < -0.4 is 27.2 Å². The van der Waals surface area contributed by atoms with E-state index in [1.54, 1.807) is 22.0 Å². The third-order valence-electron chi connectivity index (χ3n) is 8.94. The van der Waals surface area contributed by atoms with Gasteiger partial charge in [-0.2, -0.15) is 16.2 Å². The number of aromatic nitrogens is 5. The van der Waals surface area contributed by atoms with Gasteiger partial charge in [0.05, 0.1) is 5.52 Å². The Hall–Kier alpha value is -4.15. The van der Waals surface area contributed by atoms with Gasteiger partial charge in [-0.15, -0.1) is 0 Å². The zero-order valence-electron chi connectivity index (χ0n) is 25.1. The number of hydrazine groups is 3. The van der Waals surface area contributed by atoms with Gasteiger partial charge in [-0.3, -0.25) is 19.1 Å². The zero-order valence-corrected chi connectivity index (χ0v) is 26.7. The number of nitrogens with zero attached hydrogens (tertiary/aromatic N) is 6. The summed E-state index contributed by atoms with van der Waals surface area (Å²) in [7, 11) is 0. The highest BCUT2D eigenvalue weighted by atomic mass is 79.9. The Morgan fingerprint density at radius 3 is 2.51 bits per heavy atom. The number of piperidine rings is 1. The number of amides is 2. The van der Waals surface area contributed by atoms with Crippen LogP contribution in [0.25, 0.3) is 22.0 Å². The fourth-order valence-electron chi connectivity index (χ4n) is 6.46. The van der Waals surface area contributed by atoms with Gasteiger partial charge in [0.2, 0.25) is 11.8 Å². The molecule has 0 unspecified atom stereocenters. The Balaban J connectivity index is 1.26. The van der Waals surface area contributed by atoms with E-state index in [9.17, 15) is 14.4 Å². The second-order valence-corrected chi connectivity index (χ2v) is 13.0. The average molecular weight is 675 g/mol. The van der Waals surface area contributed by atoms with Gasteiger partial charge in [0.15, 0.2) is 5.78 Å². The number of hydrogen-bond donors (Lipinski definition) is 5. The summed E-state index contributed by atoms with van der Waals surface area (Å²) in [6.45, 7) is 7.10.